The standard InChI is InChI=1S/C12H12N4S4/c1-2-13-11-15-16-12(20-11)19-7-9-6-18-10(14-9)8-3-4-17-5-8/h3-6H,2,7H2,1H3,(H,13,15). The topological polar surface area (TPSA) is 50.7 Å². The van der Waals surface area contributed by atoms with Crippen LogP contribution < -0.4 is 5.32 Å². The summed E-state index contributed by atoms with van der Waals surface area (Å²) >= 11 is 6.66. The molecule has 0 aliphatic heterocycles. The molecule has 0 spiro atoms. The first-order chi connectivity index (χ1) is 9.85. The molecule has 3 aromatic heterocycles. The number of thiazole rings is 1. The SMILES string of the molecule is CCNc1nnc(SCc2csc(-c3ccsc3)n2)s1. The summed E-state index contributed by atoms with van der Waals surface area (Å²) < 4.78 is 0.978. The van der Waals surface area contributed by atoms with Crippen molar-refractivity contribution in [1.29, 1.82) is 0 Å². The van der Waals surface area contributed by atoms with Crippen LogP contribution >= 0.6 is 45.8 Å². The Balaban J connectivity index is 1.60. The van der Waals surface area contributed by atoms with Crippen LogP contribution in [-0.4, -0.2) is 21.7 Å². The Morgan fingerprint density at radius 2 is 2.25 bits per heavy atom. The van der Waals surface area contributed by atoms with Gasteiger partial charge >= 0.3 is 0 Å². The van der Waals surface area contributed by atoms with Crippen LogP contribution in [0.15, 0.2) is 26.5 Å². The Morgan fingerprint density at radius 3 is 3.05 bits per heavy atom. The van der Waals surface area contributed by atoms with E-state index in [1.807, 2.05) is 0 Å². The molecule has 20 heavy (non-hydrogen) atoms. The summed E-state index contributed by atoms with van der Waals surface area (Å²) in [6, 6.07) is 2.11. The highest BCUT2D eigenvalue weighted by atomic mass is 32.2. The van der Waals surface area contributed by atoms with Crippen LogP contribution in [0, 0.1) is 0 Å². The van der Waals surface area contributed by atoms with Crippen LogP contribution in [0.2, 0.25) is 0 Å². The van der Waals surface area contributed by atoms with Gasteiger partial charge in [-0.3, -0.25) is 0 Å². The van der Waals surface area contributed by atoms with E-state index >= 15 is 0 Å². The molecule has 8 heteroatoms. The molecular formula is C12H12N4S4. The van der Waals surface area contributed by atoms with E-state index in [2.05, 4.69) is 49.6 Å². The fraction of sp³-hybridized carbons (Fsp3) is 0.250. The predicted molar refractivity (Wildman–Crippen MR) is 89.1 cm³/mol. The monoisotopic (exact) mass is 340 g/mol. The van der Waals surface area contributed by atoms with Gasteiger partial charge in [0.05, 0.1) is 5.69 Å². The Labute approximate surface area is 133 Å². The molecule has 0 unspecified atom stereocenters. The van der Waals surface area contributed by atoms with Crippen LogP contribution in [-0.2, 0) is 5.75 Å². The highest BCUT2D eigenvalue weighted by Crippen LogP contribution is 2.31. The lowest BCUT2D eigenvalue weighted by atomic mass is 10.4. The highest BCUT2D eigenvalue weighted by Gasteiger charge is 2.08. The molecule has 3 heterocycles. The molecule has 0 amide bonds. The van der Waals surface area contributed by atoms with Crippen LogP contribution in [0.25, 0.3) is 10.6 Å². The molecule has 0 aromatic carbocycles. The van der Waals surface area contributed by atoms with Crippen molar-refractivity contribution in [3.8, 4) is 10.6 Å². The zero-order chi connectivity index (χ0) is 13.8. The van der Waals surface area contributed by atoms with Gasteiger partial charge in [0.1, 0.15) is 5.01 Å². The zero-order valence-corrected chi connectivity index (χ0v) is 14.0. The molecule has 4 nitrogen and oxygen atoms in total. The van der Waals surface area contributed by atoms with Crippen molar-refractivity contribution in [2.45, 2.75) is 17.0 Å². The summed E-state index contributed by atoms with van der Waals surface area (Å²) in [5.74, 6) is 0.835. The average molecular weight is 341 g/mol. The first kappa shape index (κ1) is 14.0. The lowest BCUT2D eigenvalue weighted by Crippen LogP contribution is -1.94. The summed E-state index contributed by atoms with van der Waals surface area (Å²) in [4.78, 5) is 4.66. The quantitative estimate of drug-likeness (QED) is 0.672. The van der Waals surface area contributed by atoms with E-state index in [4.69, 9.17) is 0 Å². The van der Waals surface area contributed by atoms with Crippen molar-refractivity contribution in [1.82, 2.24) is 15.2 Å². The number of nitrogens with one attached hydrogen (secondary N) is 1. The van der Waals surface area contributed by atoms with Gasteiger partial charge in [-0.1, -0.05) is 23.1 Å². The van der Waals surface area contributed by atoms with Crippen molar-refractivity contribution < 1.29 is 0 Å². The molecule has 3 aromatic rings. The number of thioether (sulfide) groups is 1. The third kappa shape index (κ3) is 3.38. The van der Waals surface area contributed by atoms with Crippen LogP contribution in [0.5, 0.6) is 0 Å². The van der Waals surface area contributed by atoms with Gasteiger partial charge in [-0.2, -0.15) is 11.3 Å². The minimum atomic E-state index is 0.835. The normalized spacial score (nSPS) is 10.8. The van der Waals surface area contributed by atoms with Gasteiger partial charge < -0.3 is 5.32 Å². The van der Waals surface area contributed by atoms with Gasteiger partial charge in [0.25, 0.3) is 0 Å². The molecule has 1 N–H and O–H groups in total. The summed E-state index contributed by atoms with van der Waals surface area (Å²) in [7, 11) is 0. The van der Waals surface area contributed by atoms with E-state index in [0.717, 1.165) is 32.5 Å². The number of thiophene rings is 1. The van der Waals surface area contributed by atoms with Gasteiger partial charge in [-0.25, -0.2) is 4.98 Å². The van der Waals surface area contributed by atoms with Crippen LogP contribution in [0.4, 0.5) is 5.13 Å². The first-order valence-electron chi connectivity index (χ1n) is 6.02. The molecule has 0 fully saturated rings. The summed E-state index contributed by atoms with van der Waals surface area (Å²) in [5.41, 5.74) is 2.31. The third-order valence-electron chi connectivity index (χ3n) is 2.40. The molecule has 0 aliphatic rings. The van der Waals surface area contributed by atoms with E-state index in [9.17, 15) is 0 Å². The van der Waals surface area contributed by atoms with E-state index in [-0.39, 0.29) is 0 Å². The van der Waals surface area contributed by atoms with Crippen LogP contribution in [0.1, 0.15) is 12.6 Å². The van der Waals surface area contributed by atoms with Gasteiger partial charge in [0, 0.05) is 28.6 Å². The van der Waals surface area contributed by atoms with Crippen LogP contribution in [0.3, 0.4) is 0 Å². The van der Waals surface area contributed by atoms with Gasteiger partial charge in [0.15, 0.2) is 4.34 Å². The Hall–Kier alpha value is -0.960. The van der Waals surface area contributed by atoms with E-state index in [1.165, 1.54) is 5.56 Å². The summed E-state index contributed by atoms with van der Waals surface area (Å²) in [5, 5.41) is 19.7. The largest absolute Gasteiger partial charge is 0.360 e. The number of hydrogen-bond acceptors (Lipinski definition) is 8. The maximum atomic E-state index is 4.66. The van der Waals surface area contributed by atoms with Gasteiger partial charge in [0.2, 0.25) is 5.13 Å². The highest BCUT2D eigenvalue weighted by molar-refractivity contribution is 8.00. The maximum Gasteiger partial charge on any atom is 0.206 e. The smallest absolute Gasteiger partial charge is 0.206 e. The average Bonchev–Trinajstić information content (AvgIpc) is 3.18. The number of anilines is 1. The molecule has 104 valence electrons. The summed E-state index contributed by atoms with van der Waals surface area (Å²) in [6.07, 6.45) is 0. The molecule has 3 rings (SSSR count). The molecule has 0 bridgehead atoms. The minimum Gasteiger partial charge on any atom is -0.360 e. The van der Waals surface area contributed by atoms with Crippen molar-refractivity contribution in [2.24, 2.45) is 0 Å². The second-order valence-corrected chi connectivity index (χ2v) is 7.69. The fourth-order valence-corrected chi connectivity index (χ4v) is 4.87. The van der Waals surface area contributed by atoms with E-state index in [1.54, 1.807) is 45.8 Å². The second kappa shape index (κ2) is 6.66. The van der Waals surface area contributed by atoms with Crippen molar-refractivity contribution >= 4 is 50.9 Å². The Morgan fingerprint density at radius 1 is 1.30 bits per heavy atom. The molecule has 0 atom stereocenters. The molecule has 0 radical (unpaired) electrons. The fourth-order valence-electron chi connectivity index (χ4n) is 1.52. The molecule has 0 aliphatic carbocycles. The van der Waals surface area contributed by atoms with E-state index < -0.39 is 0 Å². The number of nitrogens with zero attached hydrogens (tertiary/aromatic N) is 3. The number of rotatable bonds is 6. The first-order valence-corrected chi connectivity index (χ1v) is 9.64. The maximum absolute atomic E-state index is 4.66. The third-order valence-corrected chi connectivity index (χ3v) is 6.07. The van der Waals surface area contributed by atoms with Gasteiger partial charge in [-0.05, 0) is 18.4 Å². The van der Waals surface area contributed by atoms with Crippen molar-refractivity contribution in [2.75, 3.05) is 11.9 Å². The predicted octanol–water partition coefficient (Wildman–Crippen LogP) is 4.45. The number of hydrogen-bond donors (Lipinski definition) is 1. The van der Waals surface area contributed by atoms with Gasteiger partial charge in [-0.15, -0.1) is 21.5 Å². The number of aromatic nitrogens is 3. The minimum absolute atomic E-state index is 0.835. The lowest BCUT2D eigenvalue weighted by Gasteiger charge is -1.93. The zero-order valence-electron chi connectivity index (χ0n) is 10.7. The van der Waals surface area contributed by atoms with E-state index in [0.29, 0.717) is 0 Å². The molecular weight excluding hydrogens is 328 g/mol. The molecule has 0 saturated heterocycles. The van der Waals surface area contributed by atoms with Crippen molar-refractivity contribution in [3.63, 3.8) is 0 Å². The lowest BCUT2D eigenvalue weighted by molar-refractivity contribution is 1.00. The van der Waals surface area contributed by atoms with Crippen molar-refractivity contribution in [3.05, 3.63) is 27.9 Å². The Bertz CT molecular complexity index is 659. The Kier molecular flexibility index (Phi) is 4.66. The molecule has 0 saturated carbocycles. The summed E-state index contributed by atoms with van der Waals surface area (Å²) in [6.45, 7) is 2.92. The second-order valence-electron chi connectivity index (χ2n) is 3.85.